The van der Waals surface area contributed by atoms with Crippen molar-refractivity contribution in [2.75, 3.05) is 58.9 Å². The zero-order valence-corrected chi connectivity index (χ0v) is 24.5. The van der Waals surface area contributed by atoms with Crippen molar-refractivity contribution in [1.82, 2.24) is 15.1 Å². The molecule has 218 valence electrons. The van der Waals surface area contributed by atoms with E-state index in [1.807, 2.05) is 0 Å². The Morgan fingerprint density at radius 3 is 2.59 bits per heavy atom. The van der Waals surface area contributed by atoms with Gasteiger partial charge in [-0.3, -0.25) is 9.89 Å². The summed E-state index contributed by atoms with van der Waals surface area (Å²) >= 11 is 4.47. The predicted molar refractivity (Wildman–Crippen MR) is 155 cm³/mol. The fourth-order valence-corrected chi connectivity index (χ4v) is 5.55. The van der Waals surface area contributed by atoms with Crippen molar-refractivity contribution in [3.8, 4) is 5.75 Å². The smallest absolute Gasteiger partial charge is 0.416 e. The van der Waals surface area contributed by atoms with Crippen LogP contribution in [0.25, 0.3) is 0 Å². The highest BCUT2D eigenvalue weighted by molar-refractivity contribution is 7.80. The average Bonchev–Trinajstić information content (AvgIpc) is 3.39. The molecule has 0 radical (unpaired) electrons. The van der Waals surface area contributed by atoms with Crippen molar-refractivity contribution in [2.45, 2.75) is 58.7 Å². The normalized spacial score (nSPS) is 20.1. The molecule has 1 fully saturated rings. The molecule has 3 rings (SSSR count). The summed E-state index contributed by atoms with van der Waals surface area (Å²) in [6, 6.07) is 3.30. The molecule has 1 unspecified atom stereocenters. The Balaban J connectivity index is 1.85. The van der Waals surface area contributed by atoms with Gasteiger partial charge < -0.3 is 20.1 Å². The van der Waals surface area contributed by atoms with Crippen LogP contribution in [0.2, 0.25) is 0 Å². The van der Waals surface area contributed by atoms with Gasteiger partial charge in [-0.2, -0.15) is 25.8 Å². The van der Waals surface area contributed by atoms with Crippen LogP contribution < -0.4 is 5.32 Å². The third-order valence-corrected chi connectivity index (χ3v) is 7.93. The number of phenols is 1. The molecule has 1 aromatic rings. The number of allylic oxidation sites excluding steroid dienone is 1. The first-order valence-electron chi connectivity index (χ1n) is 13.8. The second-order valence-electron chi connectivity index (χ2n) is 10.3. The van der Waals surface area contributed by atoms with Crippen LogP contribution in [0, 0.1) is 0 Å². The van der Waals surface area contributed by atoms with Crippen LogP contribution in [-0.4, -0.2) is 85.5 Å². The Morgan fingerprint density at radius 1 is 1.23 bits per heavy atom. The number of piperidine rings is 1. The minimum absolute atomic E-state index is 0.265. The van der Waals surface area contributed by atoms with Crippen LogP contribution in [-0.2, 0) is 10.9 Å². The maximum Gasteiger partial charge on any atom is 0.416 e. The fourth-order valence-electron chi connectivity index (χ4n) is 5.27. The van der Waals surface area contributed by atoms with E-state index in [9.17, 15) is 18.3 Å². The molecular weight excluding hydrogens is 525 g/mol. The van der Waals surface area contributed by atoms with Gasteiger partial charge in [0.25, 0.3) is 0 Å². The molecule has 2 N–H and O–H groups in total. The van der Waals surface area contributed by atoms with Gasteiger partial charge in [-0.05, 0) is 63.9 Å². The maximum absolute atomic E-state index is 13.2. The highest BCUT2D eigenvalue weighted by atomic mass is 32.1. The molecule has 0 spiro atoms. The number of ether oxygens (including phenoxy) is 1. The first-order chi connectivity index (χ1) is 18.6. The number of aliphatic imine (C=N–C) groups is 1. The summed E-state index contributed by atoms with van der Waals surface area (Å²) in [6.07, 6.45) is -0.419. The molecule has 0 amide bonds. The molecule has 1 atom stereocenters. The molecule has 6 nitrogen and oxygen atoms in total. The number of rotatable bonds is 12. The number of likely N-dealkylation sites (tertiary alicyclic amines) is 1. The third kappa shape index (κ3) is 8.25. The molecule has 2 aliphatic heterocycles. The predicted octanol–water partition coefficient (Wildman–Crippen LogP) is 5.49. The molecule has 0 bridgehead atoms. The molecule has 0 saturated carbocycles. The number of hydrogen-bond acceptors (Lipinski definition) is 7. The molecule has 0 aliphatic carbocycles. The van der Waals surface area contributed by atoms with Gasteiger partial charge in [0.2, 0.25) is 0 Å². The second-order valence-corrected chi connectivity index (χ2v) is 10.6. The zero-order valence-electron chi connectivity index (χ0n) is 23.6. The molecule has 2 heterocycles. The Labute approximate surface area is 236 Å². The van der Waals surface area contributed by atoms with E-state index in [0.29, 0.717) is 12.3 Å². The summed E-state index contributed by atoms with van der Waals surface area (Å²) in [4.78, 5) is 9.27. The molecule has 1 saturated heterocycles. The van der Waals surface area contributed by atoms with Crippen molar-refractivity contribution < 1.29 is 23.0 Å². The van der Waals surface area contributed by atoms with Gasteiger partial charge in [-0.25, -0.2) is 0 Å². The number of thiol groups is 1. The summed E-state index contributed by atoms with van der Waals surface area (Å²) in [6.45, 7) is 12.1. The summed E-state index contributed by atoms with van der Waals surface area (Å²) in [5.41, 5.74) is 3.77. The Bertz CT molecular complexity index is 1070. The molecule has 1 aromatic carbocycles. The standard InChI is InChI=1S/C29H43F3N4O2S/c1-5-11-36(19-39)14-13-35-12-7-8-22(16-35)34-27(20(3)6-2)24-17-38-18-25(24)28(33-4)23-10-9-21(15-26(23)37)29(30,31)32/h9-10,15,22,34,37,39H,5-8,11-14,16-19H2,1-4H3/b27-20-,33-28-. The van der Waals surface area contributed by atoms with E-state index in [-0.39, 0.29) is 18.2 Å². The summed E-state index contributed by atoms with van der Waals surface area (Å²) in [5, 5.41) is 14.4. The van der Waals surface area contributed by atoms with Crippen LogP contribution in [0.5, 0.6) is 5.75 Å². The summed E-state index contributed by atoms with van der Waals surface area (Å²) < 4.78 is 45.4. The van der Waals surface area contributed by atoms with Crippen LogP contribution >= 0.6 is 12.6 Å². The quantitative estimate of drug-likeness (QED) is 0.177. The maximum atomic E-state index is 13.2. The van der Waals surface area contributed by atoms with E-state index in [4.69, 9.17) is 4.74 Å². The number of benzene rings is 1. The van der Waals surface area contributed by atoms with Crippen molar-refractivity contribution in [3.05, 3.63) is 51.7 Å². The number of alkyl halides is 3. The van der Waals surface area contributed by atoms with Gasteiger partial charge in [0, 0.05) is 61.0 Å². The number of halogens is 3. The van der Waals surface area contributed by atoms with Gasteiger partial charge in [0.05, 0.1) is 24.5 Å². The van der Waals surface area contributed by atoms with Crippen molar-refractivity contribution in [3.63, 3.8) is 0 Å². The van der Waals surface area contributed by atoms with Crippen molar-refractivity contribution in [2.24, 2.45) is 4.99 Å². The Hall–Kier alpha value is -2.01. The van der Waals surface area contributed by atoms with Gasteiger partial charge in [-0.1, -0.05) is 19.4 Å². The number of nitrogens with zero attached hydrogens (tertiary/aromatic N) is 3. The van der Waals surface area contributed by atoms with E-state index in [1.54, 1.807) is 7.05 Å². The average molecular weight is 569 g/mol. The summed E-state index contributed by atoms with van der Waals surface area (Å²) in [7, 11) is 1.59. The van der Waals surface area contributed by atoms with E-state index in [2.05, 4.69) is 53.5 Å². The van der Waals surface area contributed by atoms with E-state index in [0.717, 1.165) is 93.3 Å². The lowest BCUT2D eigenvalue weighted by atomic mass is 9.93. The van der Waals surface area contributed by atoms with Crippen molar-refractivity contribution >= 4 is 18.3 Å². The number of phenolic OH excluding ortho intramolecular Hbond substituents is 1. The Kier molecular flexibility index (Phi) is 11.8. The van der Waals surface area contributed by atoms with Gasteiger partial charge >= 0.3 is 6.18 Å². The minimum Gasteiger partial charge on any atom is -0.507 e. The molecule has 2 aliphatic rings. The third-order valence-electron chi connectivity index (χ3n) is 7.53. The van der Waals surface area contributed by atoms with E-state index in [1.165, 1.54) is 11.6 Å². The van der Waals surface area contributed by atoms with Gasteiger partial charge in [0.15, 0.2) is 0 Å². The highest BCUT2D eigenvalue weighted by Gasteiger charge is 2.33. The zero-order chi connectivity index (χ0) is 28.6. The lowest BCUT2D eigenvalue weighted by Gasteiger charge is -2.36. The van der Waals surface area contributed by atoms with E-state index < -0.39 is 17.5 Å². The monoisotopic (exact) mass is 568 g/mol. The first-order valence-corrected chi connectivity index (χ1v) is 14.5. The number of nitrogens with one attached hydrogen (secondary N) is 1. The lowest BCUT2D eigenvalue weighted by molar-refractivity contribution is -0.137. The topological polar surface area (TPSA) is 60.3 Å². The molecular formula is C29H43F3N4O2S. The molecule has 39 heavy (non-hydrogen) atoms. The first kappa shape index (κ1) is 31.5. The SMILES string of the molecule is CCCN(CS)CCN1CCCC(N/C(C2=C(/C(=N\C)c3ccc(C(F)(F)F)cc3O)COC2)=C(/C)CC)C1. The second kappa shape index (κ2) is 14.6. The van der Waals surface area contributed by atoms with Crippen LogP contribution in [0.15, 0.2) is 45.6 Å². The number of hydrogen-bond donors (Lipinski definition) is 3. The van der Waals surface area contributed by atoms with Gasteiger partial charge in [-0.15, -0.1) is 0 Å². The van der Waals surface area contributed by atoms with Crippen LogP contribution in [0.3, 0.4) is 0 Å². The fraction of sp³-hybridized carbons (Fsp3) is 0.621. The summed E-state index contributed by atoms with van der Waals surface area (Å²) in [5.74, 6) is 0.315. The molecule has 10 heteroatoms. The largest absolute Gasteiger partial charge is 0.507 e. The number of aromatic hydroxyl groups is 1. The van der Waals surface area contributed by atoms with Crippen LogP contribution in [0.4, 0.5) is 13.2 Å². The van der Waals surface area contributed by atoms with E-state index >= 15 is 0 Å². The van der Waals surface area contributed by atoms with Crippen LogP contribution in [0.1, 0.15) is 57.6 Å². The lowest BCUT2D eigenvalue weighted by Crippen LogP contribution is -2.48. The minimum atomic E-state index is -4.53. The van der Waals surface area contributed by atoms with Crippen molar-refractivity contribution in [1.29, 1.82) is 0 Å². The Morgan fingerprint density at radius 2 is 1.97 bits per heavy atom. The highest BCUT2D eigenvalue weighted by Crippen LogP contribution is 2.35. The molecule has 0 aromatic heterocycles. The van der Waals surface area contributed by atoms with Gasteiger partial charge in [0.1, 0.15) is 5.75 Å².